The molecule has 0 nitrogen and oxygen atoms in total. The minimum atomic E-state index is 0.106. The molecule has 0 spiro atoms. The van der Waals surface area contributed by atoms with Gasteiger partial charge in [0.2, 0.25) is 0 Å². The van der Waals surface area contributed by atoms with Gasteiger partial charge in [-0.25, -0.2) is 0 Å². The summed E-state index contributed by atoms with van der Waals surface area (Å²) in [7, 11) is 0. The molecule has 0 atom stereocenters. The molecule has 0 aliphatic carbocycles. The predicted molar refractivity (Wildman–Crippen MR) is 273 cm³/mol. The van der Waals surface area contributed by atoms with Crippen LogP contribution in [0.4, 0.5) is 0 Å². The van der Waals surface area contributed by atoms with Crippen molar-refractivity contribution in [2.75, 3.05) is 0 Å². The Balaban J connectivity index is 0.992. The molecule has 0 fully saturated rings. The summed E-state index contributed by atoms with van der Waals surface area (Å²) in [6, 6.07) is 85.8. The molecule has 292 valence electrons. The Hall–Kier alpha value is -7.54. The molecule has 0 unspecified atom stereocenters. The molecule has 1 heterocycles. The Labute approximate surface area is 371 Å². The van der Waals surface area contributed by atoms with Gasteiger partial charge in [-0.2, -0.15) is 0 Å². The van der Waals surface area contributed by atoms with Gasteiger partial charge >= 0.3 is 321 Å². The van der Waals surface area contributed by atoms with E-state index in [0.717, 1.165) is 0 Å². The molecule has 0 aliphatic rings. The van der Waals surface area contributed by atoms with Crippen LogP contribution in [0, 0.1) is 0 Å². The summed E-state index contributed by atoms with van der Waals surface area (Å²) in [6.07, 6.45) is 0. The number of fused-ring (bicyclic) bond motifs is 8. The van der Waals surface area contributed by atoms with Crippen LogP contribution in [0.15, 0.2) is 231 Å². The topological polar surface area (TPSA) is 0 Å². The molecule has 0 aliphatic heterocycles. The van der Waals surface area contributed by atoms with E-state index in [0.29, 0.717) is 0 Å². The van der Waals surface area contributed by atoms with Gasteiger partial charge in [0, 0.05) is 0 Å². The molecule has 1 heteroatoms. The Bertz CT molecular complexity index is 3830. The first-order chi connectivity index (χ1) is 31.3. The molecule has 1 aromatic heterocycles. The summed E-state index contributed by atoms with van der Waals surface area (Å²) in [4.78, 5) is 0. The third-order valence-electron chi connectivity index (χ3n) is 13.3. The molecular formula is C62H38Se. The van der Waals surface area contributed by atoms with Crippen molar-refractivity contribution in [3.63, 3.8) is 0 Å². The van der Waals surface area contributed by atoms with Crippen LogP contribution in [0.25, 0.3) is 129 Å². The first-order valence-corrected chi connectivity index (χ1v) is 23.5. The van der Waals surface area contributed by atoms with Crippen molar-refractivity contribution >= 4 is 87.7 Å². The van der Waals surface area contributed by atoms with Crippen LogP contribution in [0.3, 0.4) is 0 Å². The van der Waals surface area contributed by atoms with Gasteiger partial charge in [-0.1, -0.05) is 42.5 Å². The van der Waals surface area contributed by atoms with Crippen LogP contribution in [-0.4, -0.2) is 14.5 Å². The quantitative estimate of drug-likeness (QED) is 0.119. The Morgan fingerprint density at radius 3 is 1.21 bits per heavy atom. The average molecular weight is 862 g/mol. The fraction of sp³-hybridized carbons (Fsp3) is 0. The summed E-state index contributed by atoms with van der Waals surface area (Å²) in [5.41, 5.74) is 12.8. The molecule has 0 radical (unpaired) electrons. The van der Waals surface area contributed by atoms with E-state index in [1.807, 2.05) is 0 Å². The zero-order chi connectivity index (χ0) is 41.4. The second-order valence-electron chi connectivity index (χ2n) is 16.6. The van der Waals surface area contributed by atoms with Crippen molar-refractivity contribution in [2.45, 2.75) is 0 Å². The molecule has 0 amide bonds. The molecule has 63 heavy (non-hydrogen) atoms. The van der Waals surface area contributed by atoms with Gasteiger partial charge in [0.1, 0.15) is 0 Å². The third kappa shape index (κ3) is 5.68. The van der Waals surface area contributed by atoms with E-state index in [9.17, 15) is 0 Å². The normalized spacial score (nSPS) is 11.8. The van der Waals surface area contributed by atoms with Crippen molar-refractivity contribution in [3.8, 4) is 55.6 Å². The number of hydrogen-bond acceptors (Lipinski definition) is 0. The Kier molecular flexibility index (Phi) is 8.34. The number of rotatable bonds is 5. The standard InChI is InChI=1S/C62H38Se/c1-2-17-41(18-3-1)58-51-25-10-12-27-53(51)61(54-28-13-11-26-52(54)58)56-31-15-30-55-46-37-36-43(38-57(46)63-62(55)56)60-49-23-8-6-21-47(49)59(48-22-7-9-24-50(48)60)42-34-32-40(33-35-42)45-29-14-19-39-16-4-5-20-44(39)45/h1-38H. The molecular weight excluding hydrogens is 824 g/mol. The predicted octanol–water partition coefficient (Wildman–Crippen LogP) is 17.2. The van der Waals surface area contributed by atoms with E-state index in [1.54, 1.807) is 0 Å². The maximum absolute atomic E-state index is 2.51. The molecule has 0 saturated heterocycles. The van der Waals surface area contributed by atoms with Crippen LogP contribution in [-0.2, 0) is 0 Å². The fourth-order valence-electron chi connectivity index (χ4n) is 10.5. The molecule has 0 N–H and O–H groups in total. The third-order valence-corrected chi connectivity index (χ3v) is 15.8. The van der Waals surface area contributed by atoms with Gasteiger partial charge in [0.05, 0.1) is 0 Å². The molecule has 12 aromatic carbocycles. The zero-order valence-electron chi connectivity index (χ0n) is 34.3. The fourth-order valence-corrected chi connectivity index (χ4v) is 13.2. The second-order valence-corrected chi connectivity index (χ2v) is 18.9. The van der Waals surface area contributed by atoms with Crippen LogP contribution in [0.5, 0.6) is 0 Å². The maximum atomic E-state index is 2.51. The van der Waals surface area contributed by atoms with Crippen molar-refractivity contribution in [1.29, 1.82) is 0 Å². The van der Waals surface area contributed by atoms with E-state index >= 15 is 0 Å². The Morgan fingerprint density at radius 1 is 0.222 bits per heavy atom. The van der Waals surface area contributed by atoms with Gasteiger partial charge in [0.15, 0.2) is 0 Å². The van der Waals surface area contributed by atoms with Crippen molar-refractivity contribution < 1.29 is 0 Å². The summed E-state index contributed by atoms with van der Waals surface area (Å²) in [5, 5.41) is 15.6. The van der Waals surface area contributed by atoms with Crippen LogP contribution < -0.4 is 0 Å². The van der Waals surface area contributed by atoms with Crippen molar-refractivity contribution in [1.82, 2.24) is 0 Å². The number of hydrogen-bond donors (Lipinski definition) is 0. The van der Waals surface area contributed by atoms with Gasteiger partial charge < -0.3 is 0 Å². The van der Waals surface area contributed by atoms with E-state index in [4.69, 9.17) is 0 Å². The Morgan fingerprint density at radius 2 is 0.619 bits per heavy atom. The SMILES string of the molecule is c1ccc(-c2c3ccccc3c(-c3cccc4c3[se]c3cc(-c5c6ccccc6c(-c6ccc(-c7cccc8ccccc78)cc6)c6ccccc56)ccc34)c3ccccc23)cc1. The minimum absolute atomic E-state index is 0.106. The van der Waals surface area contributed by atoms with Gasteiger partial charge in [0.25, 0.3) is 0 Å². The van der Waals surface area contributed by atoms with Gasteiger partial charge in [-0.05, 0) is 10.8 Å². The van der Waals surface area contributed by atoms with E-state index in [-0.39, 0.29) is 14.5 Å². The van der Waals surface area contributed by atoms with Gasteiger partial charge in [-0.3, -0.25) is 0 Å². The van der Waals surface area contributed by atoms with E-state index in [1.165, 1.54) is 129 Å². The summed E-state index contributed by atoms with van der Waals surface area (Å²) in [5.74, 6) is 0. The number of benzene rings is 12. The van der Waals surface area contributed by atoms with Crippen molar-refractivity contribution in [2.24, 2.45) is 0 Å². The average Bonchev–Trinajstić information content (AvgIpc) is 3.73. The van der Waals surface area contributed by atoms with Crippen LogP contribution >= 0.6 is 0 Å². The van der Waals surface area contributed by atoms with Crippen LogP contribution in [0.1, 0.15) is 0 Å². The molecule has 13 aromatic rings. The van der Waals surface area contributed by atoms with E-state index in [2.05, 4.69) is 231 Å². The summed E-state index contributed by atoms with van der Waals surface area (Å²) < 4.78 is 2.91. The van der Waals surface area contributed by atoms with E-state index < -0.39 is 0 Å². The second kappa shape index (κ2) is 14.5. The summed E-state index contributed by atoms with van der Waals surface area (Å²) in [6.45, 7) is 0. The van der Waals surface area contributed by atoms with Gasteiger partial charge in [-0.15, -0.1) is 0 Å². The van der Waals surface area contributed by atoms with Crippen LogP contribution in [0.2, 0.25) is 0 Å². The first-order valence-electron chi connectivity index (χ1n) is 21.8. The monoisotopic (exact) mass is 862 g/mol. The van der Waals surface area contributed by atoms with Crippen molar-refractivity contribution in [3.05, 3.63) is 231 Å². The zero-order valence-corrected chi connectivity index (χ0v) is 36.1. The molecule has 0 bridgehead atoms. The first kappa shape index (κ1) is 36.1. The molecule has 0 saturated carbocycles. The molecule has 13 rings (SSSR count). The summed E-state index contributed by atoms with van der Waals surface area (Å²) >= 11 is 0.106.